The number of benzene rings is 1. The molecule has 4 heterocycles. The molecule has 1 aromatic heterocycles. The Labute approximate surface area is 231 Å². The fourth-order valence-electron chi connectivity index (χ4n) is 6.10. The van der Waals surface area contributed by atoms with E-state index in [1.807, 2.05) is 0 Å². The molecular formula is C26H27F5N4O5S. The fraction of sp³-hybridized carbons (Fsp3) is 0.500. The number of H-pyrrole nitrogens is 1. The highest BCUT2D eigenvalue weighted by Crippen LogP contribution is 2.49. The Morgan fingerprint density at radius 1 is 1.20 bits per heavy atom. The van der Waals surface area contributed by atoms with Gasteiger partial charge in [-0.3, -0.25) is 14.4 Å². The number of sulfone groups is 1. The zero-order valence-corrected chi connectivity index (χ0v) is 22.5. The van der Waals surface area contributed by atoms with Crippen LogP contribution in [-0.2, 0) is 19.4 Å². The van der Waals surface area contributed by atoms with E-state index in [4.69, 9.17) is 0 Å². The first-order valence-corrected chi connectivity index (χ1v) is 14.9. The van der Waals surface area contributed by atoms with Crippen LogP contribution < -0.4 is 10.6 Å². The molecule has 15 heteroatoms. The van der Waals surface area contributed by atoms with Gasteiger partial charge in [-0.05, 0) is 50.0 Å². The molecule has 3 aliphatic heterocycles. The Kier molecular flexibility index (Phi) is 7.37. The number of hydrogen-bond acceptors (Lipinski definition) is 5. The van der Waals surface area contributed by atoms with Gasteiger partial charge in [-0.1, -0.05) is 0 Å². The SMILES string of the molecule is CS(=O)(=O)/C(F)=C/[C@H](C[C@@H]1CCNC1=O)NC(=O)[C@H]1[C@@H]2CC[C@@H](CC2(F)F)N1C(=O)c1cc2c(F)ccc(F)c2[nH]1. The summed E-state index contributed by atoms with van der Waals surface area (Å²) in [6, 6.07) is -1.48. The molecule has 1 saturated carbocycles. The van der Waals surface area contributed by atoms with Gasteiger partial charge in [0.05, 0.1) is 17.5 Å². The Hall–Kier alpha value is -3.49. The Balaban J connectivity index is 1.49. The van der Waals surface area contributed by atoms with Crippen LogP contribution in [0.2, 0.25) is 0 Å². The molecule has 2 bridgehead atoms. The first kappa shape index (κ1) is 29.0. The van der Waals surface area contributed by atoms with E-state index in [9.17, 15) is 36.0 Å². The summed E-state index contributed by atoms with van der Waals surface area (Å²) in [6.07, 6.45) is 0.618. The highest BCUT2D eigenvalue weighted by molar-refractivity contribution is 7.94. The van der Waals surface area contributed by atoms with Gasteiger partial charge in [0.2, 0.25) is 26.8 Å². The van der Waals surface area contributed by atoms with E-state index >= 15 is 8.78 Å². The van der Waals surface area contributed by atoms with Crippen molar-refractivity contribution < 1.29 is 44.8 Å². The summed E-state index contributed by atoms with van der Waals surface area (Å²) in [6.45, 7) is 0.314. The molecule has 41 heavy (non-hydrogen) atoms. The summed E-state index contributed by atoms with van der Waals surface area (Å²) in [4.78, 5) is 42.8. The van der Waals surface area contributed by atoms with Crippen molar-refractivity contribution in [3.63, 3.8) is 0 Å². The van der Waals surface area contributed by atoms with Gasteiger partial charge in [0.15, 0.2) is 0 Å². The summed E-state index contributed by atoms with van der Waals surface area (Å²) in [5, 5.41) is 3.14. The minimum atomic E-state index is -4.32. The van der Waals surface area contributed by atoms with Crippen molar-refractivity contribution in [2.24, 2.45) is 11.8 Å². The van der Waals surface area contributed by atoms with Gasteiger partial charge in [0, 0.05) is 36.6 Å². The molecule has 6 rings (SSSR count). The van der Waals surface area contributed by atoms with E-state index in [2.05, 4.69) is 15.6 Å². The van der Waals surface area contributed by atoms with Crippen LogP contribution in [0.5, 0.6) is 0 Å². The van der Waals surface area contributed by atoms with Crippen molar-refractivity contribution in [3.8, 4) is 0 Å². The molecule has 4 fully saturated rings. The van der Waals surface area contributed by atoms with E-state index in [1.54, 1.807) is 0 Å². The van der Waals surface area contributed by atoms with Crippen LogP contribution >= 0.6 is 0 Å². The van der Waals surface area contributed by atoms with Crippen molar-refractivity contribution >= 4 is 38.5 Å². The second-order valence-electron chi connectivity index (χ2n) is 10.8. The number of hydrogen-bond donors (Lipinski definition) is 3. The maximum Gasteiger partial charge on any atom is 0.271 e. The Morgan fingerprint density at radius 3 is 2.51 bits per heavy atom. The number of aromatic nitrogens is 1. The zero-order chi connectivity index (χ0) is 29.9. The average Bonchev–Trinajstić information content (AvgIpc) is 3.52. The highest BCUT2D eigenvalue weighted by atomic mass is 32.2. The summed E-state index contributed by atoms with van der Waals surface area (Å²) < 4.78 is 96.6. The number of alkyl halides is 2. The number of piperidine rings is 2. The number of aromatic amines is 1. The number of rotatable bonds is 7. The fourth-order valence-corrected chi connectivity index (χ4v) is 6.51. The smallest absolute Gasteiger partial charge is 0.271 e. The summed E-state index contributed by atoms with van der Waals surface area (Å²) in [7, 11) is -4.32. The standard InChI is InChI=1S/C26H27F5N4O5S/c1-41(39,40)20(29)9-13(8-12-6-7-32-23(12)36)33-24(37)22-16-3-2-14(11-26(16,30)31)35(22)25(38)19-10-15-17(27)4-5-18(28)21(15)34-19/h4-5,9-10,12-14,16,22,34H,2-3,6-8,11H2,1H3,(H,32,36)(H,33,37)/b20-9+/t12-,13-,14-,16-,22+/m0/s1. The van der Waals surface area contributed by atoms with Crippen molar-refractivity contribution in [1.82, 2.24) is 20.5 Å². The molecule has 222 valence electrons. The number of halogens is 5. The molecule has 4 aliphatic rings. The minimum Gasteiger partial charge on any atom is -0.356 e. The van der Waals surface area contributed by atoms with Crippen molar-refractivity contribution in [2.75, 3.05) is 12.8 Å². The lowest BCUT2D eigenvalue weighted by Gasteiger charge is -2.53. The van der Waals surface area contributed by atoms with Crippen LogP contribution in [0, 0.1) is 23.5 Å². The van der Waals surface area contributed by atoms with Gasteiger partial charge < -0.3 is 20.5 Å². The van der Waals surface area contributed by atoms with Gasteiger partial charge >= 0.3 is 0 Å². The molecule has 0 unspecified atom stereocenters. The molecule has 0 spiro atoms. The predicted molar refractivity (Wildman–Crippen MR) is 136 cm³/mol. The molecule has 3 N–H and O–H groups in total. The van der Waals surface area contributed by atoms with Crippen LogP contribution in [0.3, 0.4) is 0 Å². The van der Waals surface area contributed by atoms with Gasteiger partial charge in [0.1, 0.15) is 23.4 Å². The van der Waals surface area contributed by atoms with Gasteiger partial charge in [0.25, 0.3) is 11.8 Å². The van der Waals surface area contributed by atoms with Crippen molar-refractivity contribution in [1.29, 1.82) is 0 Å². The number of carbonyl (C=O) groups is 3. The van der Waals surface area contributed by atoms with E-state index in [0.29, 0.717) is 25.3 Å². The molecule has 1 aliphatic carbocycles. The number of fused-ring (bicyclic) bond motifs is 4. The predicted octanol–water partition coefficient (Wildman–Crippen LogP) is 2.94. The maximum absolute atomic E-state index is 15.1. The Morgan fingerprint density at radius 2 is 1.90 bits per heavy atom. The molecule has 3 amide bonds. The highest BCUT2D eigenvalue weighted by Gasteiger charge is 2.60. The van der Waals surface area contributed by atoms with Gasteiger partial charge in [-0.15, -0.1) is 0 Å². The molecule has 1 aromatic carbocycles. The third-order valence-corrected chi connectivity index (χ3v) is 8.92. The summed E-state index contributed by atoms with van der Waals surface area (Å²) >= 11 is 0. The molecule has 3 saturated heterocycles. The normalized spacial score (nSPS) is 26.7. The molecule has 9 nitrogen and oxygen atoms in total. The third-order valence-electron chi connectivity index (χ3n) is 8.07. The van der Waals surface area contributed by atoms with Crippen LogP contribution in [0.25, 0.3) is 10.9 Å². The first-order chi connectivity index (χ1) is 19.2. The lowest BCUT2D eigenvalue weighted by Crippen LogP contribution is -2.68. The third kappa shape index (κ3) is 5.43. The second-order valence-corrected chi connectivity index (χ2v) is 12.8. The molecule has 2 aromatic rings. The largest absolute Gasteiger partial charge is 0.356 e. The van der Waals surface area contributed by atoms with E-state index in [0.717, 1.165) is 23.1 Å². The lowest BCUT2D eigenvalue weighted by atomic mass is 9.71. The first-order valence-electron chi connectivity index (χ1n) is 13.0. The maximum atomic E-state index is 15.1. The minimum absolute atomic E-state index is 0.112. The van der Waals surface area contributed by atoms with E-state index < -0.39 is 86.7 Å². The van der Waals surface area contributed by atoms with Gasteiger partial charge in [-0.25, -0.2) is 26.0 Å². The number of nitrogens with zero attached hydrogens (tertiary/aromatic N) is 1. The summed E-state index contributed by atoms with van der Waals surface area (Å²) in [5.74, 6) is -9.77. The lowest BCUT2D eigenvalue weighted by molar-refractivity contribution is -0.179. The van der Waals surface area contributed by atoms with Crippen LogP contribution in [0.15, 0.2) is 29.4 Å². The molecular weight excluding hydrogens is 575 g/mol. The van der Waals surface area contributed by atoms with E-state index in [1.165, 1.54) is 0 Å². The molecule has 0 radical (unpaired) electrons. The monoisotopic (exact) mass is 602 g/mol. The van der Waals surface area contributed by atoms with Crippen LogP contribution in [0.1, 0.15) is 42.6 Å². The topological polar surface area (TPSA) is 128 Å². The summed E-state index contributed by atoms with van der Waals surface area (Å²) in [5.41, 5.74) is -0.627. The Bertz CT molecular complexity index is 1520. The molecule has 5 atom stereocenters. The van der Waals surface area contributed by atoms with E-state index in [-0.39, 0.29) is 35.9 Å². The second kappa shape index (κ2) is 10.4. The quantitative estimate of drug-likeness (QED) is 0.420. The van der Waals surface area contributed by atoms with Crippen molar-refractivity contribution in [3.05, 3.63) is 46.8 Å². The number of carbonyl (C=O) groups excluding carboxylic acids is 3. The zero-order valence-electron chi connectivity index (χ0n) is 21.7. The van der Waals surface area contributed by atoms with Gasteiger partial charge in [-0.2, -0.15) is 4.39 Å². The number of nitrogens with one attached hydrogen (secondary N) is 3. The number of amides is 3. The average molecular weight is 603 g/mol. The van der Waals surface area contributed by atoms with Crippen LogP contribution in [0.4, 0.5) is 22.0 Å². The van der Waals surface area contributed by atoms with Crippen molar-refractivity contribution in [2.45, 2.75) is 56.2 Å². The van der Waals surface area contributed by atoms with Crippen LogP contribution in [-0.4, -0.2) is 72.9 Å².